The Morgan fingerprint density at radius 1 is 1.24 bits per heavy atom. The average Bonchev–Trinajstić information content (AvgIpc) is 3.18. The number of hydrogen-bond donors (Lipinski definition) is 5. The minimum absolute atomic E-state index is 0.0311. The van der Waals surface area contributed by atoms with Crippen molar-refractivity contribution in [2.24, 2.45) is 17.6 Å². The standard InChI is InChI=1S/C24H25FN2O7/c1-27-4-2-3-13(27)11-8-15(29)17-12(19(11)25)6-9-5-10-7-14(28)18(23(26)33)22(32)24(10,34)21(31)16(9)20(17)30/h8-10,13,29-30,32,34H,2-7H2,1H3,(H2,26,33)/t9?,10-,13?,24-/m0/s1. The minimum atomic E-state index is -2.63. The van der Waals surface area contributed by atoms with Crippen LogP contribution in [0.2, 0.25) is 0 Å². The third-order valence-electron chi connectivity index (χ3n) is 7.90. The highest BCUT2D eigenvalue weighted by molar-refractivity contribution is 6.22. The fourth-order valence-corrected chi connectivity index (χ4v) is 6.23. The van der Waals surface area contributed by atoms with Crippen molar-refractivity contribution in [1.29, 1.82) is 0 Å². The number of aromatic hydroxyl groups is 1. The van der Waals surface area contributed by atoms with Crippen molar-refractivity contribution in [2.75, 3.05) is 13.6 Å². The summed E-state index contributed by atoms with van der Waals surface area (Å²) in [6.07, 6.45) is 1.10. The number of nitrogens with two attached hydrogens (primary N) is 1. The number of halogens is 1. The summed E-state index contributed by atoms with van der Waals surface area (Å²) in [5, 5.41) is 43.5. The molecule has 4 aliphatic rings. The van der Waals surface area contributed by atoms with Crippen LogP contribution >= 0.6 is 0 Å². The Morgan fingerprint density at radius 3 is 2.56 bits per heavy atom. The van der Waals surface area contributed by atoms with E-state index in [1.165, 1.54) is 6.07 Å². The largest absolute Gasteiger partial charge is 0.508 e. The first-order valence-electron chi connectivity index (χ1n) is 11.2. The second-order valence-electron chi connectivity index (χ2n) is 9.70. The average molecular weight is 472 g/mol. The number of hydrogen-bond acceptors (Lipinski definition) is 8. The van der Waals surface area contributed by atoms with Gasteiger partial charge in [0.05, 0.1) is 5.56 Å². The van der Waals surface area contributed by atoms with Gasteiger partial charge < -0.3 is 26.2 Å². The van der Waals surface area contributed by atoms with Gasteiger partial charge in [-0.3, -0.25) is 19.3 Å². The lowest BCUT2D eigenvalue weighted by molar-refractivity contribution is -0.147. The van der Waals surface area contributed by atoms with Gasteiger partial charge in [0.25, 0.3) is 5.91 Å². The van der Waals surface area contributed by atoms with Crippen molar-refractivity contribution in [1.82, 2.24) is 4.90 Å². The predicted molar refractivity (Wildman–Crippen MR) is 116 cm³/mol. The summed E-state index contributed by atoms with van der Waals surface area (Å²) in [6, 6.07) is 1.02. The molecule has 0 bridgehead atoms. The molecule has 4 atom stereocenters. The number of carbonyl (C=O) groups is 3. The fraction of sp³-hybridized carbons (Fsp3) is 0.458. The van der Waals surface area contributed by atoms with Gasteiger partial charge in [0.1, 0.15) is 28.7 Å². The van der Waals surface area contributed by atoms with Gasteiger partial charge >= 0.3 is 0 Å². The number of fused-ring (bicyclic) bond motifs is 3. The number of primary amides is 1. The highest BCUT2D eigenvalue weighted by Gasteiger charge is 2.60. The van der Waals surface area contributed by atoms with Crippen LogP contribution in [0.15, 0.2) is 23.0 Å². The smallest absolute Gasteiger partial charge is 0.255 e. The maximum atomic E-state index is 15.7. The zero-order chi connectivity index (χ0) is 24.7. The Bertz CT molecular complexity index is 1240. The molecule has 2 fully saturated rings. The van der Waals surface area contributed by atoms with Crippen LogP contribution in [0.5, 0.6) is 5.75 Å². The molecule has 34 heavy (non-hydrogen) atoms. The maximum absolute atomic E-state index is 15.7. The monoisotopic (exact) mass is 472 g/mol. The number of likely N-dealkylation sites (tertiary alicyclic amines) is 1. The lowest BCUT2D eigenvalue weighted by atomic mass is 9.59. The number of amides is 1. The van der Waals surface area contributed by atoms with Crippen LogP contribution in [0.25, 0.3) is 5.76 Å². The number of phenols is 1. The van der Waals surface area contributed by atoms with E-state index >= 15 is 4.39 Å². The van der Waals surface area contributed by atoms with E-state index in [9.17, 15) is 34.8 Å². The minimum Gasteiger partial charge on any atom is -0.508 e. The molecule has 1 aromatic rings. The molecule has 180 valence electrons. The van der Waals surface area contributed by atoms with Crippen molar-refractivity contribution < 1.29 is 39.2 Å². The van der Waals surface area contributed by atoms with Crippen molar-refractivity contribution in [3.63, 3.8) is 0 Å². The fourth-order valence-electron chi connectivity index (χ4n) is 6.23. The topological polar surface area (TPSA) is 161 Å². The molecule has 0 spiro atoms. The number of benzene rings is 1. The molecular weight excluding hydrogens is 447 g/mol. The summed E-state index contributed by atoms with van der Waals surface area (Å²) >= 11 is 0. The van der Waals surface area contributed by atoms with Crippen LogP contribution in [0, 0.1) is 17.7 Å². The van der Waals surface area contributed by atoms with Crippen molar-refractivity contribution in [2.45, 2.75) is 43.7 Å². The normalized spacial score (nSPS) is 31.4. The Kier molecular flexibility index (Phi) is 4.89. The second kappa shape index (κ2) is 7.38. The van der Waals surface area contributed by atoms with E-state index in [2.05, 4.69) is 0 Å². The maximum Gasteiger partial charge on any atom is 0.255 e. The van der Waals surface area contributed by atoms with Crippen LogP contribution in [-0.2, 0) is 20.8 Å². The molecule has 3 aliphatic carbocycles. The lowest BCUT2D eigenvalue weighted by Crippen LogP contribution is -2.58. The molecule has 1 saturated heterocycles. The van der Waals surface area contributed by atoms with Gasteiger partial charge in [0.2, 0.25) is 5.78 Å². The first kappa shape index (κ1) is 22.5. The zero-order valence-corrected chi connectivity index (χ0v) is 18.5. The number of aliphatic hydroxyl groups is 3. The van der Waals surface area contributed by atoms with E-state index in [0.717, 1.165) is 13.0 Å². The molecule has 10 heteroatoms. The summed E-state index contributed by atoms with van der Waals surface area (Å²) in [4.78, 5) is 39.5. The van der Waals surface area contributed by atoms with Gasteiger partial charge in [0.15, 0.2) is 11.4 Å². The van der Waals surface area contributed by atoms with Gasteiger partial charge in [-0.25, -0.2) is 4.39 Å². The van der Waals surface area contributed by atoms with E-state index < -0.39 is 70.0 Å². The van der Waals surface area contributed by atoms with Gasteiger partial charge in [-0.05, 0) is 51.3 Å². The number of Topliss-reactive ketones (excluding diaryl/α,β-unsaturated/α-hetero) is 2. The van der Waals surface area contributed by atoms with Crippen LogP contribution in [0.4, 0.5) is 4.39 Å². The van der Waals surface area contributed by atoms with E-state index in [-0.39, 0.29) is 35.6 Å². The molecule has 0 aromatic heterocycles. The molecule has 9 nitrogen and oxygen atoms in total. The van der Waals surface area contributed by atoms with Gasteiger partial charge in [-0.1, -0.05) is 0 Å². The summed E-state index contributed by atoms with van der Waals surface area (Å²) < 4.78 is 15.7. The summed E-state index contributed by atoms with van der Waals surface area (Å²) in [5.74, 6) is -7.79. The molecule has 6 N–H and O–H groups in total. The summed E-state index contributed by atoms with van der Waals surface area (Å²) in [5.41, 5.74) is 1.56. The van der Waals surface area contributed by atoms with Crippen molar-refractivity contribution in [3.05, 3.63) is 45.5 Å². The van der Waals surface area contributed by atoms with Crippen LogP contribution in [0.3, 0.4) is 0 Å². The molecule has 1 amide bonds. The Labute approximate surface area is 194 Å². The van der Waals surface area contributed by atoms with E-state index in [1.807, 2.05) is 11.9 Å². The molecule has 1 saturated carbocycles. The molecular formula is C24H25FN2O7. The highest BCUT2D eigenvalue weighted by atomic mass is 19.1. The van der Waals surface area contributed by atoms with E-state index in [1.54, 1.807) is 0 Å². The number of aliphatic hydroxyl groups excluding tert-OH is 2. The quantitative estimate of drug-likeness (QED) is 0.403. The van der Waals surface area contributed by atoms with Crippen LogP contribution in [0.1, 0.15) is 48.4 Å². The van der Waals surface area contributed by atoms with Crippen LogP contribution in [-0.4, -0.2) is 62.0 Å². The number of ketones is 2. The van der Waals surface area contributed by atoms with Gasteiger partial charge in [-0.2, -0.15) is 0 Å². The SMILES string of the molecule is CN1CCCC1c1cc(O)c2c(c1F)CC1C[C@H]3CC(=O)C(C(N)=O)=C(O)[C@@]3(O)C(=O)C1=C2O. The molecule has 2 unspecified atom stereocenters. The van der Waals surface area contributed by atoms with E-state index in [4.69, 9.17) is 5.73 Å². The summed E-state index contributed by atoms with van der Waals surface area (Å²) in [7, 11) is 1.87. The van der Waals surface area contributed by atoms with Crippen molar-refractivity contribution >= 4 is 23.2 Å². The van der Waals surface area contributed by atoms with Crippen molar-refractivity contribution in [3.8, 4) is 5.75 Å². The van der Waals surface area contributed by atoms with Gasteiger partial charge in [-0.15, -0.1) is 0 Å². The Hall–Kier alpha value is -3.24. The Morgan fingerprint density at radius 2 is 1.94 bits per heavy atom. The Balaban J connectivity index is 1.67. The number of rotatable bonds is 2. The van der Waals surface area contributed by atoms with Crippen LogP contribution < -0.4 is 5.73 Å². The molecule has 1 aliphatic heterocycles. The third kappa shape index (κ3) is 2.81. The molecule has 1 aromatic carbocycles. The predicted octanol–water partition coefficient (Wildman–Crippen LogP) is 1.33. The number of nitrogens with zero attached hydrogens (tertiary/aromatic N) is 1. The number of carbonyl (C=O) groups excluding carboxylic acids is 3. The zero-order valence-electron chi connectivity index (χ0n) is 18.5. The lowest BCUT2D eigenvalue weighted by Gasteiger charge is -2.46. The highest BCUT2D eigenvalue weighted by Crippen LogP contribution is 2.53. The third-order valence-corrected chi connectivity index (χ3v) is 7.90. The summed E-state index contributed by atoms with van der Waals surface area (Å²) in [6.45, 7) is 0.785. The first-order valence-corrected chi connectivity index (χ1v) is 11.2. The first-order chi connectivity index (χ1) is 16.0. The molecule has 1 heterocycles. The molecule has 0 radical (unpaired) electrons. The number of phenolic OH excluding ortho intramolecular Hbond substituents is 1. The molecule has 5 rings (SSSR count). The van der Waals surface area contributed by atoms with E-state index in [0.29, 0.717) is 12.0 Å². The second-order valence-corrected chi connectivity index (χ2v) is 9.70. The van der Waals surface area contributed by atoms with Gasteiger partial charge in [0, 0.05) is 35.1 Å².